The van der Waals surface area contributed by atoms with Crippen molar-refractivity contribution < 1.29 is 9.90 Å². The van der Waals surface area contributed by atoms with Gasteiger partial charge in [-0.25, -0.2) is 4.98 Å². The van der Waals surface area contributed by atoms with E-state index in [9.17, 15) is 9.90 Å². The van der Waals surface area contributed by atoms with E-state index in [1.54, 1.807) is 6.92 Å². The lowest BCUT2D eigenvalue weighted by Gasteiger charge is -2.22. The summed E-state index contributed by atoms with van der Waals surface area (Å²) in [6.45, 7) is 2.41. The molecule has 0 radical (unpaired) electrons. The second-order valence-electron chi connectivity index (χ2n) is 9.26. The molecule has 1 unspecified atom stereocenters. The van der Waals surface area contributed by atoms with Crippen LogP contribution in [0.2, 0.25) is 0 Å². The molecular formula is C27H36N4O2. The Bertz CT molecular complexity index is 1040. The van der Waals surface area contributed by atoms with E-state index in [-0.39, 0.29) is 18.6 Å². The van der Waals surface area contributed by atoms with Gasteiger partial charge in [-0.3, -0.25) is 4.79 Å². The highest BCUT2D eigenvalue weighted by Gasteiger charge is 2.21. The number of imidazole rings is 1. The van der Waals surface area contributed by atoms with E-state index in [4.69, 9.17) is 4.98 Å². The van der Waals surface area contributed by atoms with E-state index >= 15 is 0 Å². The molecule has 3 N–H and O–H groups in total. The van der Waals surface area contributed by atoms with Gasteiger partial charge in [0.05, 0.1) is 17.6 Å². The third-order valence-electron chi connectivity index (χ3n) is 6.59. The second kappa shape index (κ2) is 11.3. The number of benzene rings is 2. The number of rotatable bonds is 7. The molecule has 6 nitrogen and oxygen atoms in total. The number of nitrogens with one attached hydrogen (secondary N) is 2. The number of hydrogen-bond acceptors (Lipinski definition) is 4. The van der Waals surface area contributed by atoms with Crippen molar-refractivity contribution in [1.29, 1.82) is 0 Å². The number of carbonyl (C=O) groups excluding carboxylic acids is 1. The third-order valence-corrected chi connectivity index (χ3v) is 6.59. The van der Waals surface area contributed by atoms with Gasteiger partial charge in [0.25, 0.3) is 5.91 Å². The van der Waals surface area contributed by atoms with Crippen LogP contribution in [0.25, 0.3) is 11.0 Å². The summed E-state index contributed by atoms with van der Waals surface area (Å²) >= 11 is 0. The number of anilines is 1. The van der Waals surface area contributed by atoms with Crippen LogP contribution in [0.1, 0.15) is 80.3 Å². The first-order chi connectivity index (χ1) is 16.2. The van der Waals surface area contributed by atoms with Crippen LogP contribution in [-0.2, 0) is 6.54 Å². The van der Waals surface area contributed by atoms with Crippen LogP contribution in [0.4, 0.5) is 5.95 Å². The average Bonchev–Trinajstić information content (AvgIpc) is 3.26. The molecule has 1 atom stereocenters. The van der Waals surface area contributed by atoms with Crippen LogP contribution in [-0.4, -0.2) is 33.2 Å². The minimum atomic E-state index is -0.285. The maximum absolute atomic E-state index is 12.6. The van der Waals surface area contributed by atoms with Crippen LogP contribution in [0, 0.1) is 0 Å². The monoisotopic (exact) mass is 448 g/mol. The Labute approximate surface area is 196 Å². The van der Waals surface area contributed by atoms with Gasteiger partial charge in [-0.05, 0) is 43.5 Å². The number of amides is 1. The van der Waals surface area contributed by atoms with Gasteiger partial charge in [0.2, 0.25) is 5.95 Å². The standard InChI is InChI=1S/C27H36N4O2/c1-20(19-32)29-26(33)22-15-16-25-24(17-22)30-27(28-18-21-11-7-6-8-12-21)31(25)23-13-9-4-2-3-5-10-14-23/h6-8,11-12,15-17,20,23,32H,2-5,9-10,13-14,18-19H2,1H3,(H,28,30)(H,29,33). The SMILES string of the molecule is CC(CO)NC(=O)c1ccc2c(c1)nc(NCc1ccccc1)n2C1CCCCCCCC1. The van der Waals surface area contributed by atoms with Crippen molar-refractivity contribution in [2.75, 3.05) is 11.9 Å². The Morgan fingerprint density at radius 2 is 1.76 bits per heavy atom. The molecule has 2 aromatic carbocycles. The van der Waals surface area contributed by atoms with Gasteiger partial charge < -0.3 is 20.3 Å². The molecule has 176 valence electrons. The van der Waals surface area contributed by atoms with Gasteiger partial charge in [0.15, 0.2) is 0 Å². The summed E-state index contributed by atoms with van der Waals surface area (Å²) in [4.78, 5) is 17.6. The minimum Gasteiger partial charge on any atom is -0.394 e. The Balaban J connectivity index is 1.67. The molecule has 0 saturated heterocycles. The van der Waals surface area contributed by atoms with Crippen molar-refractivity contribution in [3.8, 4) is 0 Å². The fraction of sp³-hybridized carbons (Fsp3) is 0.481. The highest BCUT2D eigenvalue weighted by atomic mass is 16.3. The lowest BCUT2D eigenvalue weighted by molar-refractivity contribution is 0.0922. The lowest BCUT2D eigenvalue weighted by Crippen LogP contribution is -2.34. The maximum atomic E-state index is 12.6. The van der Waals surface area contributed by atoms with Crippen LogP contribution in [0.3, 0.4) is 0 Å². The van der Waals surface area contributed by atoms with Gasteiger partial charge in [0.1, 0.15) is 0 Å². The zero-order valence-electron chi connectivity index (χ0n) is 19.6. The number of aromatic nitrogens is 2. The molecular weight excluding hydrogens is 412 g/mol. The molecule has 1 aliphatic carbocycles. The zero-order valence-corrected chi connectivity index (χ0v) is 19.6. The van der Waals surface area contributed by atoms with Crippen molar-refractivity contribution in [2.45, 2.75) is 76.9 Å². The molecule has 1 saturated carbocycles. The summed E-state index contributed by atoms with van der Waals surface area (Å²) in [7, 11) is 0. The number of aliphatic hydroxyl groups excluding tert-OH is 1. The van der Waals surface area contributed by atoms with E-state index in [0.717, 1.165) is 29.8 Å². The summed E-state index contributed by atoms with van der Waals surface area (Å²) in [6.07, 6.45) is 10.0. The number of carbonyl (C=O) groups is 1. The summed E-state index contributed by atoms with van der Waals surface area (Å²) in [5, 5.41) is 15.7. The predicted octanol–water partition coefficient (Wildman–Crippen LogP) is 5.43. The number of nitrogens with zero attached hydrogens (tertiary/aromatic N) is 2. The third kappa shape index (κ3) is 5.93. The first kappa shape index (κ1) is 23.3. The Morgan fingerprint density at radius 3 is 2.45 bits per heavy atom. The molecule has 1 fully saturated rings. The van der Waals surface area contributed by atoms with E-state index in [1.807, 2.05) is 24.3 Å². The van der Waals surface area contributed by atoms with Gasteiger partial charge in [-0.2, -0.15) is 0 Å². The van der Waals surface area contributed by atoms with Gasteiger partial charge >= 0.3 is 0 Å². The molecule has 6 heteroatoms. The van der Waals surface area contributed by atoms with Crippen LogP contribution < -0.4 is 10.6 Å². The van der Waals surface area contributed by atoms with Crippen LogP contribution >= 0.6 is 0 Å². The summed E-state index contributed by atoms with van der Waals surface area (Å²) in [5.41, 5.74) is 3.68. The van der Waals surface area contributed by atoms with Gasteiger partial charge in [-0.15, -0.1) is 0 Å². The molecule has 1 aliphatic rings. The summed E-state index contributed by atoms with van der Waals surface area (Å²) < 4.78 is 2.38. The van der Waals surface area contributed by atoms with Gasteiger partial charge in [-0.1, -0.05) is 68.9 Å². The normalized spacial score (nSPS) is 16.5. The summed E-state index contributed by atoms with van der Waals surface area (Å²) in [5.74, 6) is 0.689. The van der Waals surface area contributed by atoms with Crippen molar-refractivity contribution in [1.82, 2.24) is 14.9 Å². The fourth-order valence-electron chi connectivity index (χ4n) is 4.73. The van der Waals surface area contributed by atoms with Crippen LogP contribution in [0.5, 0.6) is 0 Å². The van der Waals surface area contributed by atoms with Crippen molar-refractivity contribution in [3.63, 3.8) is 0 Å². The molecule has 1 amide bonds. The molecule has 0 aliphatic heterocycles. The predicted molar refractivity (Wildman–Crippen MR) is 133 cm³/mol. The van der Waals surface area contributed by atoms with Crippen molar-refractivity contribution in [3.05, 3.63) is 59.7 Å². The molecule has 1 aromatic heterocycles. The second-order valence-corrected chi connectivity index (χ2v) is 9.26. The van der Waals surface area contributed by atoms with Gasteiger partial charge in [0, 0.05) is 24.2 Å². The molecule has 0 bridgehead atoms. The van der Waals surface area contributed by atoms with Crippen molar-refractivity contribution in [2.24, 2.45) is 0 Å². The molecule has 33 heavy (non-hydrogen) atoms. The average molecular weight is 449 g/mol. The summed E-state index contributed by atoms with van der Waals surface area (Å²) in [6, 6.07) is 16.3. The first-order valence-corrected chi connectivity index (χ1v) is 12.4. The topological polar surface area (TPSA) is 79.2 Å². The lowest BCUT2D eigenvalue weighted by atomic mass is 10.0. The number of hydrogen-bond donors (Lipinski definition) is 3. The maximum Gasteiger partial charge on any atom is 0.251 e. The smallest absolute Gasteiger partial charge is 0.251 e. The molecule has 3 aromatic rings. The Morgan fingerprint density at radius 1 is 1.06 bits per heavy atom. The highest BCUT2D eigenvalue weighted by molar-refractivity contribution is 5.97. The largest absolute Gasteiger partial charge is 0.394 e. The Kier molecular flexibility index (Phi) is 8.00. The van der Waals surface area contributed by atoms with Crippen molar-refractivity contribution >= 4 is 22.9 Å². The van der Waals surface area contributed by atoms with E-state index in [0.29, 0.717) is 18.2 Å². The minimum absolute atomic E-state index is 0.0855. The van der Waals surface area contributed by atoms with E-state index in [1.165, 1.54) is 44.1 Å². The first-order valence-electron chi connectivity index (χ1n) is 12.4. The zero-order chi connectivity index (χ0) is 23.0. The quantitative estimate of drug-likeness (QED) is 0.450. The fourth-order valence-corrected chi connectivity index (χ4v) is 4.73. The molecule has 0 spiro atoms. The number of aliphatic hydroxyl groups is 1. The molecule has 1 heterocycles. The highest BCUT2D eigenvalue weighted by Crippen LogP contribution is 2.33. The van der Waals surface area contributed by atoms with E-state index < -0.39 is 0 Å². The van der Waals surface area contributed by atoms with E-state index in [2.05, 4.69) is 39.5 Å². The van der Waals surface area contributed by atoms with Crippen LogP contribution in [0.15, 0.2) is 48.5 Å². The number of fused-ring (bicyclic) bond motifs is 1. The molecule has 4 rings (SSSR count). The Hall–Kier alpha value is -2.86.